The number of carbonyl (C=O) groups excluding carboxylic acids is 1. The fourth-order valence-electron chi connectivity index (χ4n) is 1.30. The van der Waals surface area contributed by atoms with Crippen molar-refractivity contribution >= 4 is 33.2 Å². The van der Waals surface area contributed by atoms with Gasteiger partial charge in [-0.25, -0.2) is 0 Å². The Balaban J connectivity index is 2.31. The van der Waals surface area contributed by atoms with Crippen molar-refractivity contribution in [3.63, 3.8) is 0 Å². The second-order valence-corrected chi connectivity index (χ2v) is 4.06. The van der Waals surface area contributed by atoms with Crippen molar-refractivity contribution in [2.24, 2.45) is 0 Å². The molecule has 0 unspecified atom stereocenters. The van der Waals surface area contributed by atoms with E-state index in [0.29, 0.717) is 5.69 Å². The van der Waals surface area contributed by atoms with Crippen molar-refractivity contribution in [2.45, 2.75) is 0 Å². The molecule has 92 valence electrons. The fourth-order valence-corrected chi connectivity index (χ4v) is 1.89. The molecule has 0 saturated heterocycles. The highest BCUT2D eigenvalue weighted by Crippen LogP contribution is 2.28. The summed E-state index contributed by atoms with van der Waals surface area (Å²) in [4.78, 5) is 22.0. The summed E-state index contributed by atoms with van der Waals surface area (Å²) < 4.78 is 4.69. The zero-order valence-corrected chi connectivity index (χ0v) is 10.4. The lowest BCUT2D eigenvalue weighted by Crippen LogP contribution is -2.12. The smallest absolute Gasteiger partial charge is 0.284 e. The van der Waals surface area contributed by atoms with Crippen LogP contribution in [0.5, 0.6) is 0 Å². The molecule has 2 aromatic rings. The van der Waals surface area contributed by atoms with Gasteiger partial charge in [-0.05, 0) is 22.0 Å². The van der Waals surface area contributed by atoms with Crippen LogP contribution in [0.4, 0.5) is 11.4 Å². The number of rotatable bonds is 3. The molecular formula is C10H6BrN3O4. The number of benzene rings is 1. The Hall–Kier alpha value is -2.22. The largest absolute Gasteiger partial charge is 0.363 e. The molecule has 0 fully saturated rings. The number of anilines is 1. The molecule has 18 heavy (non-hydrogen) atoms. The van der Waals surface area contributed by atoms with E-state index >= 15 is 0 Å². The highest BCUT2D eigenvalue weighted by molar-refractivity contribution is 9.10. The molecule has 1 amide bonds. The quantitative estimate of drug-likeness (QED) is 0.694. The molecule has 1 N–H and O–H groups in total. The van der Waals surface area contributed by atoms with E-state index in [1.807, 2.05) is 0 Å². The molecule has 0 aliphatic rings. The van der Waals surface area contributed by atoms with E-state index in [9.17, 15) is 14.9 Å². The predicted octanol–water partition coefficient (Wildman–Crippen LogP) is 2.60. The van der Waals surface area contributed by atoms with E-state index in [1.165, 1.54) is 30.7 Å². The Bertz CT molecular complexity index is 597. The van der Waals surface area contributed by atoms with Gasteiger partial charge in [-0.1, -0.05) is 11.2 Å². The van der Waals surface area contributed by atoms with Gasteiger partial charge in [-0.3, -0.25) is 14.9 Å². The van der Waals surface area contributed by atoms with E-state index in [0.717, 1.165) is 0 Å². The Kier molecular flexibility index (Phi) is 3.38. The molecule has 0 atom stereocenters. The molecule has 0 spiro atoms. The minimum atomic E-state index is -0.569. The third kappa shape index (κ3) is 2.38. The number of carbonyl (C=O) groups is 1. The zero-order chi connectivity index (χ0) is 13.1. The molecule has 1 aromatic carbocycles. The number of amides is 1. The summed E-state index contributed by atoms with van der Waals surface area (Å²) in [5.74, 6) is -0.492. The van der Waals surface area contributed by atoms with Crippen molar-refractivity contribution in [1.29, 1.82) is 0 Å². The number of nitro benzene ring substituents is 1. The van der Waals surface area contributed by atoms with E-state index in [1.54, 1.807) is 0 Å². The topological polar surface area (TPSA) is 98.3 Å². The standard InChI is InChI=1S/C10H6BrN3O4/c11-9-7(2-1-3-8(9)14(16)17)10(15)13-6-4-12-18-5-6/h1-5H,(H,13,15). The number of halogens is 1. The number of aromatic nitrogens is 1. The van der Waals surface area contributed by atoms with Gasteiger partial charge in [-0.2, -0.15) is 0 Å². The van der Waals surface area contributed by atoms with E-state index in [-0.39, 0.29) is 15.7 Å². The van der Waals surface area contributed by atoms with Gasteiger partial charge in [0.25, 0.3) is 11.6 Å². The van der Waals surface area contributed by atoms with Gasteiger partial charge in [0.1, 0.15) is 16.4 Å². The Morgan fingerprint density at radius 2 is 2.28 bits per heavy atom. The van der Waals surface area contributed by atoms with Crippen LogP contribution >= 0.6 is 15.9 Å². The van der Waals surface area contributed by atoms with Crippen LogP contribution in [0.15, 0.2) is 39.7 Å². The maximum absolute atomic E-state index is 11.9. The molecule has 0 saturated carbocycles. The predicted molar refractivity (Wildman–Crippen MR) is 65.3 cm³/mol. The summed E-state index contributed by atoms with van der Waals surface area (Å²) in [7, 11) is 0. The lowest BCUT2D eigenvalue weighted by Gasteiger charge is -2.04. The monoisotopic (exact) mass is 311 g/mol. The van der Waals surface area contributed by atoms with E-state index < -0.39 is 10.8 Å². The molecule has 1 heterocycles. The SMILES string of the molecule is O=C(Nc1cnoc1)c1cccc([N+](=O)[O-])c1Br. The molecule has 1 aromatic heterocycles. The second kappa shape index (κ2) is 4.96. The minimum absolute atomic E-state index is 0.129. The van der Waals surface area contributed by atoms with Crippen LogP contribution in [0, 0.1) is 10.1 Å². The molecule has 0 radical (unpaired) electrons. The number of nitrogens with zero attached hydrogens (tertiary/aromatic N) is 2. The normalized spacial score (nSPS) is 10.1. The maximum atomic E-state index is 11.9. The average Bonchev–Trinajstić information content (AvgIpc) is 2.81. The highest BCUT2D eigenvalue weighted by atomic mass is 79.9. The molecule has 0 aliphatic carbocycles. The number of hydrogen-bond acceptors (Lipinski definition) is 5. The first-order chi connectivity index (χ1) is 8.59. The average molecular weight is 312 g/mol. The lowest BCUT2D eigenvalue weighted by atomic mass is 10.2. The van der Waals surface area contributed by atoms with Gasteiger partial charge in [0, 0.05) is 6.07 Å². The van der Waals surface area contributed by atoms with E-state index in [2.05, 4.69) is 30.9 Å². The number of hydrogen-bond donors (Lipinski definition) is 1. The van der Waals surface area contributed by atoms with Crippen molar-refractivity contribution < 1.29 is 14.2 Å². The first-order valence-electron chi connectivity index (χ1n) is 4.73. The Labute approximate surface area is 109 Å². The van der Waals surface area contributed by atoms with Gasteiger partial charge in [0.15, 0.2) is 0 Å². The summed E-state index contributed by atoms with van der Waals surface area (Å²) in [6.07, 6.45) is 2.58. The summed E-state index contributed by atoms with van der Waals surface area (Å²) in [6, 6.07) is 4.21. The molecular weight excluding hydrogens is 306 g/mol. The molecule has 2 rings (SSSR count). The fraction of sp³-hybridized carbons (Fsp3) is 0. The first kappa shape index (κ1) is 12.2. The van der Waals surface area contributed by atoms with Crippen molar-refractivity contribution in [3.05, 3.63) is 50.8 Å². The maximum Gasteiger partial charge on any atom is 0.284 e. The number of nitro groups is 1. The summed E-state index contributed by atoms with van der Waals surface area (Å²) in [5.41, 5.74) is 0.358. The first-order valence-corrected chi connectivity index (χ1v) is 5.52. The van der Waals surface area contributed by atoms with Gasteiger partial charge in [0.2, 0.25) is 0 Å². The minimum Gasteiger partial charge on any atom is -0.363 e. The molecule has 0 aliphatic heterocycles. The molecule has 0 bridgehead atoms. The summed E-state index contributed by atoms with van der Waals surface area (Å²) >= 11 is 3.04. The second-order valence-electron chi connectivity index (χ2n) is 3.26. The van der Waals surface area contributed by atoms with Crippen LogP contribution in [0.2, 0.25) is 0 Å². The van der Waals surface area contributed by atoms with Crippen LogP contribution < -0.4 is 5.32 Å². The van der Waals surface area contributed by atoms with Crippen LogP contribution in [-0.4, -0.2) is 16.0 Å². The number of nitrogens with one attached hydrogen (secondary N) is 1. The van der Waals surface area contributed by atoms with Crippen LogP contribution in [0.3, 0.4) is 0 Å². The van der Waals surface area contributed by atoms with Crippen molar-refractivity contribution in [2.75, 3.05) is 5.32 Å². The van der Waals surface area contributed by atoms with Crippen LogP contribution in [0.25, 0.3) is 0 Å². The van der Waals surface area contributed by atoms with Crippen LogP contribution in [-0.2, 0) is 0 Å². The highest BCUT2D eigenvalue weighted by Gasteiger charge is 2.19. The molecule has 8 heteroatoms. The lowest BCUT2D eigenvalue weighted by molar-refractivity contribution is -0.385. The van der Waals surface area contributed by atoms with E-state index in [4.69, 9.17) is 0 Å². The zero-order valence-electron chi connectivity index (χ0n) is 8.79. The van der Waals surface area contributed by atoms with Gasteiger partial charge < -0.3 is 9.84 Å². The summed E-state index contributed by atoms with van der Waals surface area (Å²) in [5, 5.41) is 16.7. The van der Waals surface area contributed by atoms with Crippen molar-refractivity contribution in [1.82, 2.24) is 5.16 Å². The van der Waals surface area contributed by atoms with Gasteiger partial charge in [-0.15, -0.1) is 0 Å². The van der Waals surface area contributed by atoms with Crippen molar-refractivity contribution in [3.8, 4) is 0 Å². The molecule has 7 nitrogen and oxygen atoms in total. The van der Waals surface area contributed by atoms with Gasteiger partial charge >= 0.3 is 0 Å². The Morgan fingerprint density at radius 3 is 2.89 bits per heavy atom. The Morgan fingerprint density at radius 1 is 1.50 bits per heavy atom. The third-order valence-corrected chi connectivity index (χ3v) is 2.94. The third-order valence-electron chi connectivity index (χ3n) is 2.11. The van der Waals surface area contributed by atoms with Crippen LogP contribution in [0.1, 0.15) is 10.4 Å². The summed E-state index contributed by atoms with van der Waals surface area (Å²) in [6.45, 7) is 0. The van der Waals surface area contributed by atoms with Gasteiger partial charge in [0.05, 0.1) is 16.7 Å².